The van der Waals surface area contributed by atoms with Crippen LogP contribution >= 0.6 is 0 Å². The third kappa shape index (κ3) is 5.27. The van der Waals surface area contributed by atoms with Gasteiger partial charge in [0.1, 0.15) is 5.76 Å². The molecule has 2 aromatic rings. The van der Waals surface area contributed by atoms with Gasteiger partial charge in [0.05, 0.1) is 0 Å². The molecule has 1 N–H and O–H groups in total. The Hall–Kier alpha value is -3.17. The summed E-state index contributed by atoms with van der Waals surface area (Å²) in [7, 11) is 0. The van der Waals surface area contributed by atoms with Crippen molar-refractivity contribution in [1.82, 2.24) is 4.90 Å². The molecule has 0 saturated carbocycles. The van der Waals surface area contributed by atoms with Crippen LogP contribution in [0.2, 0.25) is 0 Å². The van der Waals surface area contributed by atoms with Gasteiger partial charge >= 0.3 is 0 Å². The third-order valence-electron chi connectivity index (χ3n) is 12.0. The van der Waals surface area contributed by atoms with E-state index in [9.17, 15) is 9.90 Å². The number of aryl methyl sites for hydroxylation is 1. The minimum absolute atomic E-state index is 0.0929. The largest absolute Gasteiger partial charge is 0.511 e. The molecule has 6 rings (SSSR count). The third-order valence-corrected chi connectivity index (χ3v) is 12.0. The maximum Gasteiger partial charge on any atom is 0.190 e. The van der Waals surface area contributed by atoms with Crippen LogP contribution in [-0.2, 0) is 13.0 Å². The second-order valence-electron chi connectivity index (χ2n) is 14.5. The summed E-state index contributed by atoms with van der Waals surface area (Å²) in [5, 5.41) is 11.5. The number of nitrogens with zero attached hydrogens (tertiary/aromatic N) is 1. The Morgan fingerprint density at radius 3 is 2.13 bits per heavy atom. The van der Waals surface area contributed by atoms with Gasteiger partial charge in [-0.15, -0.1) is 0 Å². The Morgan fingerprint density at radius 2 is 1.57 bits per heavy atom. The lowest BCUT2D eigenvalue weighted by atomic mass is 9.40. The number of aliphatic hydroxyl groups is 1. The normalized spacial score (nSPS) is 28.8. The zero-order valence-corrected chi connectivity index (χ0v) is 30.7. The maximum atomic E-state index is 14.7. The van der Waals surface area contributed by atoms with E-state index in [1.807, 2.05) is 34.6 Å². The van der Waals surface area contributed by atoms with E-state index >= 15 is 0 Å². The summed E-state index contributed by atoms with van der Waals surface area (Å²) in [6.45, 7) is 35.3. The van der Waals surface area contributed by atoms with Gasteiger partial charge in [-0.25, -0.2) is 0 Å². The summed E-state index contributed by atoms with van der Waals surface area (Å²) >= 11 is 0. The lowest BCUT2D eigenvalue weighted by Gasteiger charge is -2.63. The average molecular weight is 622 g/mol. The van der Waals surface area contributed by atoms with Crippen LogP contribution in [0.25, 0.3) is 11.1 Å². The first-order valence-electron chi connectivity index (χ1n) is 17.7. The summed E-state index contributed by atoms with van der Waals surface area (Å²) < 4.78 is 0. The number of fused-ring (bicyclic) bond motifs is 3. The van der Waals surface area contributed by atoms with Crippen LogP contribution in [0.15, 0.2) is 83.2 Å². The highest BCUT2D eigenvalue weighted by atomic mass is 16.3. The van der Waals surface area contributed by atoms with Gasteiger partial charge in [0.2, 0.25) is 0 Å². The number of Topliss-reactive ketones (excluding diaryl/α,β-unsaturated/α-hetero) is 1. The maximum absolute atomic E-state index is 14.7. The van der Waals surface area contributed by atoms with Gasteiger partial charge in [0, 0.05) is 40.0 Å². The average Bonchev–Trinajstić information content (AvgIpc) is 3.54. The molecule has 1 heterocycles. The predicted molar refractivity (Wildman–Crippen MR) is 196 cm³/mol. The van der Waals surface area contributed by atoms with E-state index in [0.29, 0.717) is 5.76 Å². The highest BCUT2D eigenvalue weighted by Crippen LogP contribution is 2.70. The lowest BCUT2D eigenvalue weighted by molar-refractivity contribution is -0.00564. The van der Waals surface area contributed by atoms with E-state index in [2.05, 4.69) is 96.0 Å². The SMILES string of the molecule is C=C(C)C1=C(O)C(C)[C@]2(C)C[C@]3(C)Cc4c(-c5ccc(CN6CCCC6)cc5)ccc(C)c4C(=O)C3=C(C)[C@]2(C)C1=C.CC.CC. The number of aliphatic hydroxyl groups excluding tert-OH is 1. The summed E-state index contributed by atoms with van der Waals surface area (Å²) in [6.07, 6.45) is 4.19. The molecule has 3 aliphatic carbocycles. The summed E-state index contributed by atoms with van der Waals surface area (Å²) in [4.78, 5) is 17.3. The summed E-state index contributed by atoms with van der Waals surface area (Å²) in [5.74, 6) is 0.464. The first kappa shape index (κ1) is 35.7. The molecule has 1 fully saturated rings. The highest BCUT2D eigenvalue weighted by molar-refractivity contribution is 6.14. The molecule has 46 heavy (non-hydrogen) atoms. The minimum Gasteiger partial charge on any atom is -0.511 e. The Labute approximate surface area is 280 Å². The van der Waals surface area contributed by atoms with E-state index in [0.717, 1.165) is 58.4 Å². The van der Waals surface area contributed by atoms with Crippen molar-refractivity contribution in [2.24, 2.45) is 22.2 Å². The quantitative estimate of drug-likeness (QED) is 0.369. The van der Waals surface area contributed by atoms with Gasteiger partial charge < -0.3 is 5.11 Å². The Bertz CT molecular complexity index is 1600. The number of allylic oxidation sites excluding steroid dienone is 6. The fourth-order valence-electron chi connectivity index (χ4n) is 9.40. The van der Waals surface area contributed by atoms with Crippen molar-refractivity contribution in [1.29, 1.82) is 0 Å². The van der Waals surface area contributed by atoms with Crippen molar-refractivity contribution in [2.75, 3.05) is 13.1 Å². The van der Waals surface area contributed by atoms with Crippen molar-refractivity contribution < 1.29 is 9.90 Å². The monoisotopic (exact) mass is 621 g/mol. The van der Waals surface area contributed by atoms with E-state index in [1.165, 1.54) is 48.2 Å². The smallest absolute Gasteiger partial charge is 0.190 e. The molecule has 0 bridgehead atoms. The van der Waals surface area contributed by atoms with E-state index in [1.54, 1.807) is 0 Å². The van der Waals surface area contributed by atoms with Crippen LogP contribution in [-0.4, -0.2) is 28.9 Å². The second-order valence-corrected chi connectivity index (χ2v) is 14.5. The molecule has 1 aliphatic heterocycles. The lowest BCUT2D eigenvalue weighted by Crippen LogP contribution is -2.56. The Kier molecular flexibility index (Phi) is 10.2. The Morgan fingerprint density at radius 1 is 0.978 bits per heavy atom. The Balaban J connectivity index is 0.00000116. The van der Waals surface area contributed by atoms with Crippen LogP contribution in [0.5, 0.6) is 0 Å². The number of benzene rings is 2. The van der Waals surface area contributed by atoms with Crippen molar-refractivity contribution >= 4 is 5.78 Å². The van der Waals surface area contributed by atoms with Gasteiger partial charge in [-0.1, -0.05) is 111 Å². The molecule has 4 atom stereocenters. The number of hydrogen-bond donors (Lipinski definition) is 1. The second kappa shape index (κ2) is 13.1. The molecule has 248 valence electrons. The predicted octanol–water partition coefficient (Wildman–Crippen LogP) is 11.4. The molecular formula is C43H59NO2. The van der Waals surface area contributed by atoms with E-state index < -0.39 is 5.41 Å². The van der Waals surface area contributed by atoms with Crippen LogP contribution in [0.4, 0.5) is 0 Å². The zero-order chi connectivity index (χ0) is 34.4. The minimum atomic E-state index is -0.467. The first-order valence-corrected chi connectivity index (χ1v) is 17.7. The molecule has 1 unspecified atom stereocenters. The summed E-state index contributed by atoms with van der Waals surface area (Å²) in [5.41, 5.74) is 10.2. The van der Waals surface area contributed by atoms with Gasteiger partial charge in [0.25, 0.3) is 0 Å². The van der Waals surface area contributed by atoms with E-state index in [-0.39, 0.29) is 22.5 Å². The number of ketones is 1. The topological polar surface area (TPSA) is 40.5 Å². The molecule has 4 aliphatic rings. The molecule has 0 radical (unpaired) electrons. The molecule has 3 nitrogen and oxygen atoms in total. The highest BCUT2D eigenvalue weighted by Gasteiger charge is 2.63. The van der Waals surface area contributed by atoms with E-state index in [4.69, 9.17) is 0 Å². The first-order chi connectivity index (χ1) is 21.7. The number of likely N-dealkylation sites (tertiary alicyclic amines) is 1. The fraction of sp³-hybridized carbons (Fsp3) is 0.512. The van der Waals surface area contributed by atoms with Crippen LogP contribution in [0.1, 0.15) is 116 Å². The van der Waals surface area contributed by atoms with Crippen molar-refractivity contribution in [3.8, 4) is 11.1 Å². The molecule has 2 aromatic carbocycles. The number of rotatable bonds is 4. The van der Waals surface area contributed by atoms with Crippen LogP contribution in [0.3, 0.4) is 0 Å². The summed E-state index contributed by atoms with van der Waals surface area (Å²) in [6, 6.07) is 13.4. The van der Waals surface area contributed by atoms with Crippen LogP contribution in [0, 0.1) is 29.1 Å². The molecular weight excluding hydrogens is 562 g/mol. The number of carbonyl (C=O) groups is 1. The molecule has 0 aromatic heterocycles. The van der Waals surface area contributed by atoms with Gasteiger partial charge in [0.15, 0.2) is 5.78 Å². The fourth-order valence-corrected chi connectivity index (χ4v) is 9.40. The van der Waals surface area contributed by atoms with Gasteiger partial charge in [-0.3, -0.25) is 9.69 Å². The van der Waals surface area contributed by atoms with Crippen molar-refractivity contribution in [3.05, 3.63) is 105 Å². The molecule has 0 amide bonds. The standard InChI is InChI=1S/C39H47NO2.2C2H6/c1-23(2)32-25(4)39(9)26(5)34-36(42)33-24(3)12-17-30(29-15-13-28(14-16-29)21-40-18-10-11-19-40)31(33)20-37(34,7)22-38(39,8)27(6)35(32)41;2*1-2/h12-17,27,41H,1,4,10-11,18-22H2,2-3,5-9H3;2*1-2H3/t27?,37-,38-,39-;;/m0../s1. The molecule has 3 heteroatoms. The molecule has 1 saturated heterocycles. The van der Waals surface area contributed by atoms with Crippen molar-refractivity contribution in [3.63, 3.8) is 0 Å². The van der Waals surface area contributed by atoms with Crippen LogP contribution < -0.4 is 0 Å². The van der Waals surface area contributed by atoms with Gasteiger partial charge in [-0.2, -0.15) is 0 Å². The van der Waals surface area contributed by atoms with Gasteiger partial charge in [-0.05, 0) is 104 Å². The number of hydrogen-bond acceptors (Lipinski definition) is 3. The molecule has 0 spiro atoms. The van der Waals surface area contributed by atoms with Crippen molar-refractivity contribution in [2.45, 2.75) is 108 Å². The number of carbonyl (C=O) groups excluding carboxylic acids is 1. The zero-order valence-electron chi connectivity index (χ0n) is 30.7.